The smallest absolute Gasteiger partial charge is 0.411 e. The van der Waals surface area contributed by atoms with Crippen molar-refractivity contribution < 1.29 is 41.9 Å². The quantitative estimate of drug-likeness (QED) is 0.280. The number of aryl methyl sites for hydroxylation is 1. The van der Waals surface area contributed by atoms with E-state index in [4.69, 9.17) is 9.47 Å². The maximum atomic E-state index is 14.1. The minimum absolute atomic E-state index is 0.0889. The van der Waals surface area contributed by atoms with Crippen LogP contribution in [0.4, 0.5) is 15.3 Å². The molecule has 5 atom stereocenters. The number of hydrogen-bond donors (Lipinski definition) is 4. The second-order valence-electron chi connectivity index (χ2n) is 13.4. The van der Waals surface area contributed by atoms with Gasteiger partial charge in [0.2, 0.25) is 21.8 Å². The van der Waals surface area contributed by atoms with Crippen LogP contribution >= 0.6 is 0 Å². The van der Waals surface area contributed by atoms with Gasteiger partial charge in [0.05, 0.1) is 18.4 Å². The molecule has 15 heteroatoms. The predicted octanol–water partition coefficient (Wildman–Crippen LogP) is 3.28. The number of nitrogens with zero attached hydrogens (tertiary/aromatic N) is 1. The number of nitrogens with one attached hydrogen (secondary N) is 4. The molecule has 4 aliphatic rings. The number of benzene rings is 1. The zero-order valence-electron chi connectivity index (χ0n) is 27.9. The summed E-state index contributed by atoms with van der Waals surface area (Å²) in [4.78, 5) is 68.6. The SMILES string of the molecule is C=CC1C[C@]1(NC(=O)[C@@H]1C[C@@H]2CN1C(=O)[C@H](CCCC)NC(=O)OCCCCCCc1ccccc1NC(=O)O2)C(=O)NS(=O)(=O)C1CC1. The summed E-state index contributed by atoms with van der Waals surface area (Å²) in [5.74, 6) is -2.67. The molecule has 14 nitrogen and oxygen atoms in total. The molecule has 2 heterocycles. The van der Waals surface area contributed by atoms with E-state index in [1.807, 2.05) is 19.1 Å². The highest BCUT2D eigenvalue weighted by Crippen LogP contribution is 2.45. The van der Waals surface area contributed by atoms with Crippen LogP contribution in [0.15, 0.2) is 36.9 Å². The van der Waals surface area contributed by atoms with Crippen LogP contribution in [0.2, 0.25) is 0 Å². The van der Waals surface area contributed by atoms with Gasteiger partial charge in [-0.15, -0.1) is 6.58 Å². The summed E-state index contributed by atoms with van der Waals surface area (Å²) in [7, 11) is -3.90. The van der Waals surface area contributed by atoms with Crippen molar-refractivity contribution in [3.05, 3.63) is 42.5 Å². The molecule has 0 spiro atoms. The molecule has 2 aliphatic carbocycles. The van der Waals surface area contributed by atoms with Crippen molar-refractivity contribution in [2.75, 3.05) is 18.5 Å². The number of carbonyl (C=O) groups excluding carboxylic acids is 5. The number of amides is 5. The van der Waals surface area contributed by atoms with Crippen LogP contribution in [-0.2, 0) is 40.3 Å². The lowest BCUT2D eigenvalue weighted by Crippen LogP contribution is -2.58. The molecule has 3 fully saturated rings. The first-order chi connectivity index (χ1) is 23.5. The van der Waals surface area contributed by atoms with Gasteiger partial charge >= 0.3 is 12.2 Å². The summed E-state index contributed by atoms with van der Waals surface area (Å²) in [6.45, 7) is 5.71. The first kappa shape index (κ1) is 36.1. The average molecular weight is 702 g/mol. The van der Waals surface area contributed by atoms with Crippen LogP contribution in [0.25, 0.3) is 0 Å². The Labute approximate surface area is 287 Å². The fourth-order valence-electron chi connectivity index (χ4n) is 6.53. The summed E-state index contributed by atoms with van der Waals surface area (Å²) in [5.41, 5.74) is -0.0353. The standard InChI is InChI=1S/C34H47N5O9S/c1-3-5-14-27-30(41)39-21-24(19-28(39)29(40)37-34(20-23(34)4-2)31(42)38-49(45,46)25-16-17-25)48-33(44)35-26-15-10-9-13-22(26)12-8-6-7-11-18-47-32(43)36-27/h4,9-10,13,15,23-25,27-28H,2-3,5-8,11-12,14,16-21H2,1H3,(H,35,44)(H,36,43)(H,37,40)(H,38,42)/t23?,24-,27+,28+,34-/m1/s1. The van der Waals surface area contributed by atoms with Gasteiger partial charge in [0.15, 0.2) is 0 Å². The average Bonchev–Trinajstić information content (AvgIpc) is 3.99. The highest BCUT2D eigenvalue weighted by molar-refractivity contribution is 7.91. The summed E-state index contributed by atoms with van der Waals surface area (Å²) in [6.07, 6.45) is 5.60. The van der Waals surface area contributed by atoms with Crippen molar-refractivity contribution in [1.29, 1.82) is 0 Å². The maximum absolute atomic E-state index is 14.1. The summed E-state index contributed by atoms with van der Waals surface area (Å²) in [5, 5.41) is 7.55. The van der Waals surface area contributed by atoms with E-state index in [2.05, 4.69) is 27.3 Å². The van der Waals surface area contributed by atoms with Crippen molar-refractivity contribution in [2.45, 2.75) is 113 Å². The van der Waals surface area contributed by atoms with Crippen LogP contribution in [0, 0.1) is 5.92 Å². The lowest BCUT2D eigenvalue weighted by Gasteiger charge is -2.29. The Bertz CT molecular complexity index is 1550. The van der Waals surface area contributed by atoms with Gasteiger partial charge in [0, 0.05) is 18.0 Å². The molecular weight excluding hydrogens is 654 g/mol. The Morgan fingerprint density at radius 1 is 1.10 bits per heavy atom. The van der Waals surface area contributed by atoms with Gasteiger partial charge in [0.25, 0.3) is 5.91 Å². The van der Waals surface area contributed by atoms with E-state index in [-0.39, 0.29) is 32.4 Å². The Morgan fingerprint density at radius 3 is 2.57 bits per heavy atom. The molecule has 4 N–H and O–H groups in total. The number of sulfonamides is 1. The Kier molecular flexibility index (Phi) is 11.5. The Hall–Kier alpha value is -4.14. The minimum atomic E-state index is -3.90. The molecule has 0 aromatic heterocycles. The molecule has 49 heavy (non-hydrogen) atoms. The monoisotopic (exact) mass is 701 g/mol. The van der Waals surface area contributed by atoms with Gasteiger partial charge in [-0.25, -0.2) is 18.0 Å². The van der Waals surface area contributed by atoms with E-state index in [1.54, 1.807) is 12.1 Å². The third kappa shape index (κ3) is 8.91. The number of unbranched alkanes of at least 4 members (excludes halogenated alkanes) is 1. The number of alkyl carbamates (subject to hydrolysis) is 1. The zero-order chi connectivity index (χ0) is 35.2. The molecule has 268 valence electrons. The van der Waals surface area contributed by atoms with Crippen molar-refractivity contribution in [3.63, 3.8) is 0 Å². The van der Waals surface area contributed by atoms with Crippen molar-refractivity contribution >= 4 is 45.6 Å². The van der Waals surface area contributed by atoms with Crippen LogP contribution < -0.4 is 20.7 Å². The largest absolute Gasteiger partial charge is 0.450 e. The zero-order valence-corrected chi connectivity index (χ0v) is 28.7. The number of ether oxygens (including phenoxy) is 2. The predicted molar refractivity (Wildman–Crippen MR) is 180 cm³/mol. The third-order valence-electron chi connectivity index (χ3n) is 9.64. The lowest BCUT2D eigenvalue weighted by atomic mass is 10.0. The second-order valence-corrected chi connectivity index (χ2v) is 15.3. The molecule has 1 unspecified atom stereocenters. The Morgan fingerprint density at radius 2 is 1.86 bits per heavy atom. The molecule has 0 radical (unpaired) electrons. The van der Waals surface area contributed by atoms with Crippen molar-refractivity contribution in [2.24, 2.45) is 5.92 Å². The number of rotatable bonds is 9. The van der Waals surface area contributed by atoms with E-state index < -0.39 is 74.8 Å². The summed E-state index contributed by atoms with van der Waals surface area (Å²) < 4.78 is 38.4. The molecule has 1 aromatic carbocycles. The summed E-state index contributed by atoms with van der Waals surface area (Å²) >= 11 is 0. The molecule has 5 rings (SSSR count). The molecule has 2 aliphatic heterocycles. The number of cyclic esters (lactones) is 1. The van der Waals surface area contributed by atoms with Crippen LogP contribution in [0.5, 0.6) is 0 Å². The number of anilines is 1. The van der Waals surface area contributed by atoms with E-state index >= 15 is 0 Å². The van der Waals surface area contributed by atoms with Gasteiger partial charge in [-0.2, -0.15) is 0 Å². The fourth-order valence-corrected chi connectivity index (χ4v) is 7.89. The molecule has 2 saturated carbocycles. The van der Waals surface area contributed by atoms with E-state index in [0.717, 1.165) is 31.2 Å². The minimum Gasteiger partial charge on any atom is -0.450 e. The lowest BCUT2D eigenvalue weighted by molar-refractivity contribution is -0.141. The number of carbonyl (C=O) groups is 5. The molecule has 1 aromatic rings. The highest BCUT2D eigenvalue weighted by atomic mass is 32.2. The topological polar surface area (TPSA) is 189 Å². The van der Waals surface area contributed by atoms with Crippen LogP contribution in [0.1, 0.15) is 83.1 Å². The van der Waals surface area contributed by atoms with E-state index in [9.17, 15) is 32.4 Å². The van der Waals surface area contributed by atoms with Gasteiger partial charge in [-0.05, 0) is 56.6 Å². The van der Waals surface area contributed by atoms with Gasteiger partial charge in [0.1, 0.15) is 23.7 Å². The fraction of sp³-hybridized carbons (Fsp3) is 0.618. The normalized spacial score (nSPS) is 28.2. The van der Waals surface area contributed by atoms with E-state index in [1.165, 1.54) is 11.0 Å². The number of fused-ring (bicyclic) bond motifs is 3. The van der Waals surface area contributed by atoms with Crippen molar-refractivity contribution in [1.82, 2.24) is 20.3 Å². The third-order valence-corrected chi connectivity index (χ3v) is 11.5. The second kappa shape index (κ2) is 15.6. The molecular formula is C34H47N5O9S. The van der Waals surface area contributed by atoms with Gasteiger partial charge in [-0.1, -0.05) is 56.9 Å². The summed E-state index contributed by atoms with van der Waals surface area (Å²) in [6, 6.07) is 5.18. The maximum Gasteiger partial charge on any atom is 0.411 e. The molecule has 5 amide bonds. The van der Waals surface area contributed by atoms with Crippen molar-refractivity contribution in [3.8, 4) is 0 Å². The van der Waals surface area contributed by atoms with E-state index in [0.29, 0.717) is 37.8 Å². The molecule has 1 saturated heterocycles. The highest BCUT2D eigenvalue weighted by Gasteiger charge is 2.62. The van der Waals surface area contributed by atoms with Gasteiger partial charge < -0.3 is 25.0 Å². The number of hydrogen-bond acceptors (Lipinski definition) is 9. The number of para-hydroxylation sites is 1. The Balaban J connectivity index is 1.39. The van der Waals surface area contributed by atoms with Gasteiger partial charge in [-0.3, -0.25) is 24.4 Å². The first-order valence-electron chi connectivity index (χ1n) is 17.3. The molecule has 2 bridgehead atoms. The van der Waals surface area contributed by atoms with Crippen LogP contribution in [-0.4, -0.2) is 85.4 Å². The first-order valence-corrected chi connectivity index (χ1v) is 18.8. The van der Waals surface area contributed by atoms with Crippen LogP contribution in [0.3, 0.4) is 0 Å².